The Morgan fingerprint density at radius 1 is 1.17 bits per heavy atom. The number of sulfonamides is 1. The molecule has 0 unspecified atom stereocenters. The molecule has 3 heterocycles. The molecular weight excluding hydrogens is 436 g/mol. The molecule has 4 rings (SSSR count). The van der Waals surface area contributed by atoms with Crippen molar-refractivity contribution < 1.29 is 13.2 Å². The maximum Gasteiger partial charge on any atom is 0.252 e. The average molecular weight is 463 g/mol. The van der Waals surface area contributed by atoms with Gasteiger partial charge in [0.05, 0.1) is 23.4 Å². The van der Waals surface area contributed by atoms with Crippen LogP contribution in [0.15, 0.2) is 51.4 Å². The first-order valence-corrected chi connectivity index (χ1v) is 13.2. The second kappa shape index (κ2) is 9.28. The van der Waals surface area contributed by atoms with E-state index in [0.717, 1.165) is 22.7 Å². The Morgan fingerprint density at radius 3 is 2.63 bits per heavy atom. The summed E-state index contributed by atoms with van der Waals surface area (Å²) in [5.41, 5.74) is 2.96. The highest BCUT2D eigenvalue weighted by Gasteiger charge is 2.37. The summed E-state index contributed by atoms with van der Waals surface area (Å²) >= 11 is 2.92. The molecule has 1 aliphatic heterocycles. The summed E-state index contributed by atoms with van der Waals surface area (Å²) in [4.78, 5) is 4.49. The summed E-state index contributed by atoms with van der Waals surface area (Å²) in [6.07, 6.45) is 1.48. The van der Waals surface area contributed by atoms with Crippen molar-refractivity contribution >= 4 is 32.7 Å². The van der Waals surface area contributed by atoms with Crippen LogP contribution in [0.3, 0.4) is 0 Å². The quantitative estimate of drug-likeness (QED) is 0.512. The Bertz CT molecular complexity index is 1080. The van der Waals surface area contributed by atoms with Crippen LogP contribution in [0.2, 0.25) is 0 Å². The molecule has 30 heavy (non-hydrogen) atoms. The molecule has 8 heteroatoms. The van der Waals surface area contributed by atoms with Gasteiger partial charge in [-0.15, -0.1) is 22.7 Å². The first-order chi connectivity index (χ1) is 14.4. The van der Waals surface area contributed by atoms with Crippen molar-refractivity contribution in [2.45, 2.75) is 43.6 Å². The van der Waals surface area contributed by atoms with E-state index in [0.29, 0.717) is 30.3 Å². The first kappa shape index (κ1) is 21.6. The Morgan fingerprint density at radius 2 is 1.97 bits per heavy atom. The highest BCUT2D eigenvalue weighted by Crippen LogP contribution is 2.32. The van der Waals surface area contributed by atoms with Gasteiger partial charge in [-0.25, -0.2) is 13.4 Å². The summed E-state index contributed by atoms with van der Waals surface area (Å²) in [5, 5.41) is 4.90. The third-order valence-corrected chi connectivity index (χ3v) is 9.82. The van der Waals surface area contributed by atoms with Crippen molar-refractivity contribution in [2.75, 3.05) is 13.1 Å². The summed E-state index contributed by atoms with van der Waals surface area (Å²) in [5.74, 6) is 0.0935. The monoisotopic (exact) mass is 462 g/mol. The smallest absolute Gasteiger partial charge is 0.252 e. The number of rotatable bonds is 7. The van der Waals surface area contributed by atoms with E-state index in [1.54, 1.807) is 15.6 Å². The number of aryl methyl sites for hydroxylation is 2. The van der Waals surface area contributed by atoms with E-state index in [-0.39, 0.29) is 12.0 Å². The Hall–Kier alpha value is -1.58. The molecule has 0 radical (unpaired) electrons. The van der Waals surface area contributed by atoms with Crippen molar-refractivity contribution in [1.82, 2.24) is 9.29 Å². The normalized spacial score (nSPS) is 20.5. The number of ether oxygens (including phenoxy) is 1. The minimum Gasteiger partial charge on any atom is -0.371 e. The van der Waals surface area contributed by atoms with Crippen LogP contribution in [0, 0.1) is 19.8 Å². The lowest BCUT2D eigenvalue weighted by Crippen LogP contribution is -2.47. The molecule has 3 aromatic rings. The molecule has 0 bridgehead atoms. The summed E-state index contributed by atoms with van der Waals surface area (Å²) in [6, 6.07) is 12.1. The van der Waals surface area contributed by atoms with Crippen LogP contribution in [0.25, 0.3) is 0 Å². The van der Waals surface area contributed by atoms with Crippen LogP contribution in [0.1, 0.15) is 28.2 Å². The number of benzene rings is 1. The topological polar surface area (TPSA) is 59.5 Å². The fourth-order valence-electron chi connectivity index (χ4n) is 3.94. The standard InChI is InChI=1S/C22H26N2O3S3/c1-16-9-11-28-22(16)30(25,26)24-10-8-21(27-14-20-15-29-17(2)23-20)19(13-24)12-18-6-4-3-5-7-18/h3-7,9,11,15,19,21H,8,10,12-14H2,1-2H3/t19-,21+/m1/s1. The van der Waals surface area contributed by atoms with E-state index in [1.807, 2.05) is 48.9 Å². The number of nitrogens with zero attached hydrogens (tertiary/aromatic N) is 2. The fourth-order valence-corrected chi connectivity index (χ4v) is 7.59. The molecule has 0 N–H and O–H groups in total. The van der Waals surface area contributed by atoms with E-state index in [2.05, 4.69) is 17.1 Å². The van der Waals surface area contributed by atoms with E-state index in [9.17, 15) is 8.42 Å². The van der Waals surface area contributed by atoms with Gasteiger partial charge in [0.1, 0.15) is 4.21 Å². The molecule has 2 atom stereocenters. The van der Waals surface area contributed by atoms with Gasteiger partial charge in [-0.05, 0) is 49.3 Å². The zero-order valence-electron chi connectivity index (χ0n) is 17.2. The van der Waals surface area contributed by atoms with Crippen LogP contribution in [0.4, 0.5) is 0 Å². The van der Waals surface area contributed by atoms with Crippen molar-refractivity contribution in [2.24, 2.45) is 5.92 Å². The molecule has 5 nitrogen and oxygen atoms in total. The number of hydrogen-bond acceptors (Lipinski definition) is 6. The minimum absolute atomic E-state index is 0.00287. The summed E-state index contributed by atoms with van der Waals surface area (Å²) in [7, 11) is -3.48. The van der Waals surface area contributed by atoms with Crippen LogP contribution in [-0.4, -0.2) is 36.9 Å². The molecule has 0 amide bonds. The molecular formula is C22H26N2O3S3. The van der Waals surface area contributed by atoms with Gasteiger partial charge in [0.2, 0.25) is 0 Å². The molecule has 1 aliphatic rings. The van der Waals surface area contributed by atoms with Gasteiger partial charge in [0.25, 0.3) is 10.0 Å². The largest absolute Gasteiger partial charge is 0.371 e. The molecule has 160 valence electrons. The average Bonchev–Trinajstić information content (AvgIpc) is 3.36. The van der Waals surface area contributed by atoms with Gasteiger partial charge < -0.3 is 4.74 Å². The van der Waals surface area contributed by atoms with Gasteiger partial charge >= 0.3 is 0 Å². The van der Waals surface area contributed by atoms with Crippen molar-refractivity contribution in [3.63, 3.8) is 0 Å². The number of hydrogen-bond donors (Lipinski definition) is 0. The van der Waals surface area contributed by atoms with Crippen LogP contribution < -0.4 is 0 Å². The number of thiazole rings is 1. The number of aromatic nitrogens is 1. The van der Waals surface area contributed by atoms with Crippen molar-refractivity contribution in [1.29, 1.82) is 0 Å². The Balaban J connectivity index is 1.52. The van der Waals surface area contributed by atoms with Gasteiger partial charge in [-0.2, -0.15) is 4.31 Å². The minimum atomic E-state index is -3.48. The van der Waals surface area contributed by atoms with Gasteiger partial charge in [0.15, 0.2) is 0 Å². The molecule has 1 fully saturated rings. The third kappa shape index (κ3) is 4.84. The zero-order valence-corrected chi connectivity index (χ0v) is 19.6. The predicted molar refractivity (Wildman–Crippen MR) is 121 cm³/mol. The van der Waals surface area contributed by atoms with E-state index in [4.69, 9.17) is 4.74 Å². The van der Waals surface area contributed by atoms with Gasteiger partial charge in [-0.3, -0.25) is 0 Å². The van der Waals surface area contributed by atoms with Crippen LogP contribution >= 0.6 is 22.7 Å². The van der Waals surface area contributed by atoms with Gasteiger partial charge in [0, 0.05) is 24.4 Å². The highest BCUT2D eigenvalue weighted by molar-refractivity contribution is 7.91. The Labute approximate surface area is 186 Å². The van der Waals surface area contributed by atoms with Crippen molar-refractivity contribution in [3.8, 4) is 0 Å². The molecule has 0 spiro atoms. The van der Waals surface area contributed by atoms with Crippen LogP contribution in [0.5, 0.6) is 0 Å². The summed E-state index contributed by atoms with van der Waals surface area (Å²) < 4.78 is 34.9. The molecule has 0 saturated carbocycles. The van der Waals surface area contributed by atoms with Crippen molar-refractivity contribution in [3.05, 3.63) is 69.0 Å². The third-order valence-electron chi connectivity index (χ3n) is 5.47. The van der Waals surface area contributed by atoms with E-state index < -0.39 is 10.0 Å². The molecule has 2 aromatic heterocycles. The molecule has 1 aromatic carbocycles. The van der Waals surface area contributed by atoms with Gasteiger partial charge in [-0.1, -0.05) is 30.3 Å². The van der Waals surface area contributed by atoms with E-state index >= 15 is 0 Å². The lowest BCUT2D eigenvalue weighted by Gasteiger charge is -2.37. The highest BCUT2D eigenvalue weighted by atomic mass is 32.2. The first-order valence-electron chi connectivity index (χ1n) is 10.0. The zero-order chi connectivity index (χ0) is 21.1. The van der Waals surface area contributed by atoms with Crippen LogP contribution in [-0.2, 0) is 27.8 Å². The fraction of sp³-hybridized carbons (Fsp3) is 0.409. The maximum absolute atomic E-state index is 13.2. The summed E-state index contributed by atoms with van der Waals surface area (Å²) in [6.45, 7) is 5.26. The van der Waals surface area contributed by atoms with E-state index in [1.165, 1.54) is 16.9 Å². The second-order valence-electron chi connectivity index (χ2n) is 7.70. The SMILES string of the molecule is Cc1nc(CO[C@H]2CCN(S(=O)(=O)c3sccc3C)C[C@H]2Cc2ccccc2)cs1. The lowest BCUT2D eigenvalue weighted by molar-refractivity contribution is -0.0293. The maximum atomic E-state index is 13.2. The second-order valence-corrected chi connectivity index (χ2v) is 11.8. The molecule has 0 aliphatic carbocycles. The predicted octanol–water partition coefficient (Wildman–Crippen LogP) is 4.66. The number of piperidine rings is 1. The lowest BCUT2D eigenvalue weighted by atomic mass is 9.89. The number of thiophene rings is 1. The molecule has 1 saturated heterocycles. The Kier molecular flexibility index (Phi) is 6.69.